The van der Waals surface area contributed by atoms with E-state index in [1.807, 2.05) is 0 Å². The normalized spacial score (nSPS) is 12.9. The number of nitrogens with two attached hydrogens (primary N) is 1. The van der Waals surface area contributed by atoms with Gasteiger partial charge in [-0.25, -0.2) is 22.6 Å². The number of nitrogens with zero attached hydrogens (tertiary/aromatic N) is 3. The first-order chi connectivity index (χ1) is 21.9. The van der Waals surface area contributed by atoms with Crippen LogP contribution in [0.4, 0.5) is 8.78 Å². The number of hydrogen-bond acceptors (Lipinski definition) is 11. The van der Waals surface area contributed by atoms with Gasteiger partial charge >= 0.3 is 5.97 Å². The maximum atomic E-state index is 15.6. The van der Waals surface area contributed by atoms with Gasteiger partial charge in [0.15, 0.2) is 17.3 Å². The molecule has 15 heteroatoms. The number of pyridine rings is 1. The molecule has 0 bridgehead atoms. The zero-order valence-corrected chi connectivity index (χ0v) is 25.3. The van der Waals surface area contributed by atoms with Crippen molar-refractivity contribution in [2.24, 2.45) is 10.7 Å². The Balaban J connectivity index is 1.52. The quantitative estimate of drug-likeness (QED) is 0.124. The molecule has 238 valence electrons. The van der Waals surface area contributed by atoms with Crippen molar-refractivity contribution in [2.45, 2.75) is 16.7 Å². The number of carbonyl (C=O) groups excluding carboxylic acids is 1. The molecule has 0 saturated carbocycles. The molecule has 1 aliphatic rings. The van der Waals surface area contributed by atoms with E-state index in [1.165, 1.54) is 60.7 Å². The Morgan fingerprint density at radius 3 is 2.37 bits per heavy atom. The van der Waals surface area contributed by atoms with E-state index in [4.69, 9.17) is 25.4 Å². The number of aliphatic imine (C=N–C) groups is 1. The molecule has 0 unspecified atom stereocenters. The molecule has 1 aliphatic heterocycles. The lowest BCUT2D eigenvalue weighted by atomic mass is 10.1. The van der Waals surface area contributed by atoms with Gasteiger partial charge in [0, 0.05) is 19.2 Å². The van der Waals surface area contributed by atoms with Crippen LogP contribution in [0, 0.1) is 17.0 Å². The van der Waals surface area contributed by atoms with E-state index in [2.05, 4.69) is 9.98 Å². The number of hydrogen-bond donors (Lipinski definition) is 3. The predicted octanol–water partition coefficient (Wildman–Crippen LogP) is 4.64. The fraction of sp³-hybridized carbons (Fsp3) is 0.161. The van der Waals surface area contributed by atoms with Crippen molar-refractivity contribution in [1.82, 2.24) is 9.88 Å². The highest BCUT2D eigenvalue weighted by atomic mass is 32.2. The first-order valence-corrected chi connectivity index (χ1v) is 15.2. The smallest absolute Gasteiger partial charge is 0.338 e. The molecule has 0 amide bonds. The Bertz CT molecular complexity index is 1990. The van der Waals surface area contributed by atoms with Gasteiger partial charge in [0.05, 0.1) is 40.3 Å². The zero-order valence-electron chi connectivity index (χ0n) is 24.5. The number of rotatable bonds is 10. The number of phenols is 1. The monoisotopic (exact) mass is 651 g/mol. The van der Waals surface area contributed by atoms with Crippen LogP contribution in [0.15, 0.2) is 81.6 Å². The molecule has 0 fully saturated rings. The molecule has 4 aromatic rings. The van der Waals surface area contributed by atoms with E-state index >= 15 is 4.39 Å². The molecule has 5 rings (SSSR count). The summed E-state index contributed by atoms with van der Waals surface area (Å²) >= 11 is 0. The van der Waals surface area contributed by atoms with Gasteiger partial charge in [-0.05, 0) is 67.6 Å². The van der Waals surface area contributed by atoms with Crippen molar-refractivity contribution < 1.29 is 41.3 Å². The van der Waals surface area contributed by atoms with Gasteiger partial charge in [0.25, 0.3) is 5.88 Å². The summed E-state index contributed by atoms with van der Waals surface area (Å²) in [4.78, 5) is 21.5. The number of ether oxygens (including phenoxy) is 3. The number of nitrogen functional groups attached to an aromatic ring is 1. The largest absolute Gasteiger partial charge is 0.504 e. The first kappa shape index (κ1) is 31.8. The topological polar surface area (TPSA) is 177 Å². The van der Waals surface area contributed by atoms with Gasteiger partial charge in [0.1, 0.15) is 17.4 Å². The van der Waals surface area contributed by atoms with Crippen LogP contribution in [-0.2, 0) is 14.6 Å². The second kappa shape index (κ2) is 12.8. The zero-order chi connectivity index (χ0) is 33.2. The number of sulfone groups is 1. The van der Waals surface area contributed by atoms with Gasteiger partial charge in [-0.15, -0.1) is 0 Å². The Morgan fingerprint density at radius 1 is 1.02 bits per heavy atom. The third-order valence-corrected chi connectivity index (χ3v) is 8.59. The molecule has 3 aromatic carbocycles. The van der Waals surface area contributed by atoms with E-state index in [0.717, 1.165) is 0 Å². The fourth-order valence-electron chi connectivity index (χ4n) is 4.46. The summed E-state index contributed by atoms with van der Waals surface area (Å²) in [5.41, 5.74) is 5.96. The summed E-state index contributed by atoms with van der Waals surface area (Å²) in [5, 5.41) is 17.7. The number of halogens is 2. The Labute approximate surface area is 262 Å². The predicted molar refractivity (Wildman–Crippen MR) is 162 cm³/mol. The molecule has 2 heterocycles. The minimum absolute atomic E-state index is 0.105. The Hall–Kier alpha value is -5.57. The minimum atomic E-state index is -4.13. The lowest BCUT2D eigenvalue weighted by Gasteiger charge is -2.19. The lowest BCUT2D eigenvalue weighted by molar-refractivity contribution is 0.0526. The van der Waals surface area contributed by atoms with Crippen LogP contribution in [-0.4, -0.2) is 67.8 Å². The highest BCUT2D eigenvalue weighted by Crippen LogP contribution is 2.38. The van der Waals surface area contributed by atoms with Crippen molar-refractivity contribution >= 4 is 27.5 Å². The maximum absolute atomic E-state index is 15.6. The van der Waals surface area contributed by atoms with Crippen molar-refractivity contribution in [1.29, 1.82) is 5.41 Å². The number of nitrogens with one attached hydrogen (secondary N) is 1. The summed E-state index contributed by atoms with van der Waals surface area (Å²) in [7, 11) is -2.42. The van der Waals surface area contributed by atoms with Crippen molar-refractivity contribution in [3.05, 3.63) is 95.2 Å². The molecule has 12 nitrogen and oxygen atoms in total. The third-order valence-electron chi connectivity index (χ3n) is 6.83. The van der Waals surface area contributed by atoms with Crippen molar-refractivity contribution in [3.63, 3.8) is 0 Å². The molecule has 0 spiro atoms. The van der Waals surface area contributed by atoms with Crippen LogP contribution >= 0.6 is 0 Å². The maximum Gasteiger partial charge on any atom is 0.338 e. The van der Waals surface area contributed by atoms with Gasteiger partial charge in [-0.1, -0.05) is 0 Å². The number of phenolic OH excluding ortho intramolecular Hbond substituents is 1. The van der Waals surface area contributed by atoms with Crippen LogP contribution < -0.4 is 15.2 Å². The summed E-state index contributed by atoms with van der Waals surface area (Å²) in [6.07, 6.45) is 0.650. The molecular formula is C31H27F2N5O7S. The van der Waals surface area contributed by atoms with Crippen molar-refractivity contribution in [2.75, 3.05) is 26.7 Å². The van der Waals surface area contributed by atoms with Gasteiger partial charge < -0.3 is 30.0 Å². The number of aromatic nitrogens is 1. The molecule has 0 saturated heterocycles. The summed E-state index contributed by atoms with van der Waals surface area (Å²) in [6.45, 7) is 2.70. The number of amidine groups is 2. The van der Waals surface area contributed by atoms with Gasteiger partial charge in [-0.2, -0.15) is 4.39 Å². The van der Waals surface area contributed by atoms with Gasteiger partial charge in [0.2, 0.25) is 21.4 Å². The number of aromatic hydroxyl groups is 1. The Morgan fingerprint density at radius 2 is 1.72 bits per heavy atom. The number of likely N-dealkylation sites (N-methyl/N-ethyl adjacent to an activating group) is 1. The number of esters is 1. The number of carbonyl (C=O) groups is 1. The van der Waals surface area contributed by atoms with Crippen LogP contribution in [0.2, 0.25) is 0 Å². The van der Waals surface area contributed by atoms with E-state index < -0.39 is 44.8 Å². The van der Waals surface area contributed by atoms with Crippen LogP contribution in [0.1, 0.15) is 28.4 Å². The SMILES string of the molecule is CCOC(=O)c1ccc(S(=O)(=O)c2ccc(Oc3c(F)cnc(Oc4cc(C(=N)N)ccc4O)c3F)c(C3=NCCN3C)c2)cc1. The van der Waals surface area contributed by atoms with Crippen LogP contribution in [0.25, 0.3) is 0 Å². The average Bonchev–Trinajstić information content (AvgIpc) is 3.47. The molecule has 0 aliphatic carbocycles. The standard InChI is InChI=1S/C31H27F2N5O7S/c1-3-43-31(40)17-4-7-19(8-5-17)46(41,42)20-9-11-24(21(15-20)29-36-12-13-38(29)2)44-27-22(32)16-37-30(26(27)33)45-25-14-18(28(34)35)6-10-23(25)39/h4-11,14-16,39H,3,12-13H2,1-2H3,(H3,34,35). The summed E-state index contributed by atoms with van der Waals surface area (Å²) in [5.74, 6) is -5.69. The highest BCUT2D eigenvalue weighted by Gasteiger charge is 2.27. The second-order valence-corrected chi connectivity index (χ2v) is 11.8. The second-order valence-electron chi connectivity index (χ2n) is 9.89. The van der Waals surface area contributed by atoms with E-state index in [-0.39, 0.29) is 50.4 Å². The number of benzene rings is 3. The third kappa shape index (κ3) is 6.30. The molecular weight excluding hydrogens is 624 g/mol. The van der Waals surface area contributed by atoms with Crippen LogP contribution in [0.5, 0.6) is 28.9 Å². The molecule has 0 atom stereocenters. The van der Waals surface area contributed by atoms with E-state index in [9.17, 15) is 22.7 Å². The van der Waals surface area contributed by atoms with Crippen LogP contribution in [0.3, 0.4) is 0 Å². The van der Waals surface area contributed by atoms with Gasteiger partial charge in [-0.3, -0.25) is 10.4 Å². The Kier molecular flexibility index (Phi) is 8.87. The molecule has 1 aromatic heterocycles. The average molecular weight is 652 g/mol. The first-order valence-electron chi connectivity index (χ1n) is 13.7. The lowest BCUT2D eigenvalue weighted by Crippen LogP contribution is -2.24. The molecule has 4 N–H and O–H groups in total. The molecule has 46 heavy (non-hydrogen) atoms. The summed E-state index contributed by atoms with van der Waals surface area (Å²) < 4.78 is 73.8. The van der Waals surface area contributed by atoms with Crippen molar-refractivity contribution in [3.8, 4) is 28.9 Å². The molecule has 0 radical (unpaired) electrons. The minimum Gasteiger partial charge on any atom is -0.504 e. The van der Waals surface area contributed by atoms with E-state index in [1.54, 1.807) is 18.9 Å². The van der Waals surface area contributed by atoms with E-state index in [0.29, 0.717) is 25.1 Å². The fourth-order valence-corrected chi connectivity index (χ4v) is 5.75. The summed E-state index contributed by atoms with van der Waals surface area (Å²) in [6, 6.07) is 12.7. The highest BCUT2D eigenvalue weighted by molar-refractivity contribution is 7.91.